The Labute approximate surface area is 121 Å². The van der Waals surface area contributed by atoms with E-state index in [1.807, 2.05) is 33.8 Å². The van der Waals surface area contributed by atoms with E-state index in [1.54, 1.807) is 0 Å². The summed E-state index contributed by atoms with van der Waals surface area (Å²) in [7, 11) is -0.453. The highest BCUT2D eigenvalue weighted by Gasteiger charge is 2.52. The zero-order valence-electron chi connectivity index (χ0n) is 13.5. The number of rotatable bonds is 1. The predicted octanol–water partition coefficient (Wildman–Crippen LogP) is 1.97. The largest absolute Gasteiger partial charge is 0.496 e. The number of hydrogen-bond acceptors (Lipinski definition) is 3. The first-order chi connectivity index (χ1) is 8.94. The first-order valence-electron chi connectivity index (χ1n) is 7.03. The molecular formula is C15H24BNO3. The van der Waals surface area contributed by atoms with Crippen LogP contribution >= 0.6 is 0 Å². The lowest BCUT2D eigenvalue weighted by molar-refractivity contribution is 0.00578. The van der Waals surface area contributed by atoms with Crippen LogP contribution in [-0.4, -0.2) is 23.3 Å². The molecule has 4 nitrogen and oxygen atoms in total. The van der Waals surface area contributed by atoms with E-state index < -0.39 is 7.12 Å². The second kappa shape index (κ2) is 4.47. The zero-order valence-corrected chi connectivity index (χ0v) is 13.5. The van der Waals surface area contributed by atoms with Gasteiger partial charge in [-0.3, -0.25) is 4.79 Å². The Morgan fingerprint density at radius 3 is 2.00 bits per heavy atom. The van der Waals surface area contributed by atoms with E-state index in [9.17, 15) is 4.79 Å². The molecule has 2 rings (SSSR count). The van der Waals surface area contributed by atoms with Crippen molar-refractivity contribution >= 4 is 12.6 Å². The van der Waals surface area contributed by atoms with E-state index in [4.69, 9.17) is 9.31 Å². The Morgan fingerprint density at radius 1 is 1.05 bits per heavy atom. The molecule has 1 aliphatic heterocycles. The van der Waals surface area contributed by atoms with Crippen LogP contribution < -0.4 is 11.0 Å². The fourth-order valence-electron chi connectivity index (χ4n) is 2.27. The Morgan fingerprint density at radius 2 is 1.55 bits per heavy atom. The maximum absolute atomic E-state index is 11.6. The van der Waals surface area contributed by atoms with Gasteiger partial charge in [-0.1, -0.05) is 26.8 Å². The summed E-state index contributed by atoms with van der Waals surface area (Å²) < 4.78 is 12.2. The molecular weight excluding hydrogens is 253 g/mol. The van der Waals surface area contributed by atoms with Crippen LogP contribution in [-0.2, 0) is 14.7 Å². The first kappa shape index (κ1) is 15.3. The molecule has 110 valence electrons. The molecule has 1 saturated heterocycles. The van der Waals surface area contributed by atoms with Gasteiger partial charge in [0.1, 0.15) is 0 Å². The van der Waals surface area contributed by atoms with Crippen molar-refractivity contribution in [1.29, 1.82) is 0 Å². The van der Waals surface area contributed by atoms with Crippen molar-refractivity contribution in [3.8, 4) is 0 Å². The van der Waals surface area contributed by atoms with Gasteiger partial charge in [0.05, 0.1) is 11.2 Å². The van der Waals surface area contributed by atoms with Gasteiger partial charge in [-0.05, 0) is 27.7 Å². The van der Waals surface area contributed by atoms with Crippen LogP contribution in [0.3, 0.4) is 0 Å². The van der Waals surface area contributed by atoms with Gasteiger partial charge in [0, 0.05) is 22.6 Å². The SMILES string of the molecule is CC(C)(C)c1[nH]c(=O)ccc1B1OC(C)(C)C(C)(C)O1. The highest BCUT2D eigenvalue weighted by atomic mass is 16.7. The Kier molecular flexibility index (Phi) is 3.42. The summed E-state index contributed by atoms with van der Waals surface area (Å²) in [5.41, 5.74) is 0.708. The topological polar surface area (TPSA) is 51.3 Å². The number of pyridine rings is 1. The lowest BCUT2D eigenvalue weighted by atomic mass is 9.72. The van der Waals surface area contributed by atoms with Gasteiger partial charge >= 0.3 is 7.12 Å². The van der Waals surface area contributed by atoms with Gasteiger partial charge in [0.2, 0.25) is 5.56 Å². The number of aromatic nitrogens is 1. The highest BCUT2D eigenvalue weighted by Crippen LogP contribution is 2.37. The molecule has 2 heterocycles. The van der Waals surface area contributed by atoms with Crippen molar-refractivity contribution in [3.05, 3.63) is 28.2 Å². The smallest absolute Gasteiger partial charge is 0.399 e. The zero-order chi connectivity index (χ0) is 15.3. The van der Waals surface area contributed by atoms with Gasteiger partial charge in [0.15, 0.2) is 0 Å². The van der Waals surface area contributed by atoms with E-state index in [0.29, 0.717) is 0 Å². The summed E-state index contributed by atoms with van der Waals surface area (Å²) in [6, 6.07) is 3.33. The molecule has 0 atom stereocenters. The second-order valence-corrected chi connectivity index (χ2v) is 7.49. The van der Waals surface area contributed by atoms with E-state index in [2.05, 4.69) is 25.8 Å². The molecule has 1 N–H and O–H groups in total. The molecule has 0 spiro atoms. The fourth-order valence-corrected chi connectivity index (χ4v) is 2.27. The maximum Gasteiger partial charge on any atom is 0.496 e. The van der Waals surface area contributed by atoms with Crippen LogP contribution in [0.25, 0.3) is 0 Å². The van der Waals surface area contributed by atoms with Crippen molar-refractivity contribution in [2.24, 2.45) is 0 Å². The van der Waals surface area contributed by atoms with Crippen LogP contribution in [0.1, 0.15) is 54.2 Å². The van der Waals surface area contributed by atoms with Gasteiger partial charge in [0.25, 0.3) is 0 Å². The summed E-state index contributed by atoms with van der Waals surface area (Å²) in [6.07, 6.45) is 0. The van der Waals surface area contributed by atoms with E-state index in [-0.39, 0.29) is 22.2 Å². The van der Waals surface area contributed by atoms with Crippen molar-refractivity contribution in [2.75, 3.05) is 0 Å². The second-order valence-electron chi connectivity index (χ2n) is 7.49. The number of hydrogen-bond donors (Lipinski definition) is 1. The Bertz CT molecular complexity index is 553. The monoisotopic (exact) mass is 277 g/mol. The third-order valence-corrected chi connectivity index (χ3v) is 4.21. The first-order valence-corrected chi connectivity index (χ1v) is 7.03. The Hall–Kier alpha value is -1.07. The fraction of sp³-hybridized carbons (Fsp3) is 0.667. The van der Waals surface area contributed by atoms with Crippen molar-refractivity contribution in [3.63, 3.8) is 0 Å². The Balaban J connectivity index is 2.48. The highest BCUT2D eigenvalue weighted by molar-refractivity contribution is 6.62. The average molecular weight is 277 g/mol. The minimum atomic E-state index is -0.453. The molecule has 0 amide bonds. The van der Waals surface area contributed by atoms with Crippen molar-refractivity contribution in [2.45, 2.75) is 65.1 Å². The molecule has 1 aromatic rings. The minimum Gasteiger partial charge on any atom is -0.399 e. The average Bonchev–Trinajstić information content (AvgIpc) is 2.46. The lowest BCUT2D eigenvalue weighted by Crippen LogP contribution is -2.42. The van der Waals surface area contributed by atoms with Crippen LogP contribution in [0.2, 0.25) is 0 Å². The lowest BCUT2D eigenvalue weighted by Gasteiger charge is -2.32. The molecule has 5 heteroatoms. The quantitative estimate of drug-likeness (QED) is 0.798. The third-order valence-electron chi connectivity index (χ3n) is 4.21. The van der Waals surface area contributed by atoms with E-state index in [1.165, 1.54) is 6.07 Å². The number of H-pyrrole nitrogens is 1. The predicted molar refractivity (Wildman–Crippen MR) is 81.5 cm³/mol. The molecule has 0 bridgehead atoms. The summed E-state index contributed by atoms with van der Waals surface area (Å²) in [6.45, 7) is 14.3. The molecule has 0 saturated carbocycles. The van der Waals surface area contributed by atoms with Gasteiger partial charge in [-0.15, -0.1) is 0 Å². The number of nitrogens with one attached hydrogen (secondary N) is 1. The third kappa shape index (κ3) is 2.57. The molecule has 1 aliphatic rings. The summed E-state index contributed by atoms with van der Waals surface area (Å²) >= 11 is 0. The summed E-state index contributed by atoms with van der Waals surface area (Å²) in [5.74, 6) is 0. The van der Waals surface area contributed by atoms with Crippen molar-refractivity contribution < 1.29 is 9.31 Å². The molecule has 1 fully saturated rings. The summed E-state index contributed by atoms with van der Waals surface area (Å²) in [5, 5.41) is 0. The van der Waals surface area contributed by atoms with E-state index >= 15 is 0 Å². The molecule has 0 unspecified atom stereocenters. The molecule has 0 aliphatic carbocycles. The van der Waals surface area contributed by atoms with Crippen LogP contribution in [0.15, 0.2) is 16.9 Å². The minimum absolute atomic E-state index is 0.102. The van der Waals surface area contributed by atoms with Crippen LogP contribution in [0.4, 0.5) is 0 Å². The maximum atomic E-state index is 11.6. The van der Waals surface area contributed by atoms with Gasteiger partial charge in [-0.2, -0.15) is 0 Å². The standard InChI is InChI=1S/C15H24BNO3/c1-13(2,3)12-10(8-9-11(18)17-12)16-19-14(4,5)15(6,7)20-16/h8-9H,1-7H3,(H,17,18). The van der Waals surface area contributed by atoms with Gasteiger partial charge in [-0.25, -0.2) is 0 Å². The van der Waals surface area contributed by atoms with Crippen molar-refractivity contribution in [1.82, 2.24) is 4.98 Å². The normalized spacial score (nSPS) is 21.2. The van der Waals surface area contributed by atoms with E-state index in [0.717, 1.165) is 11.2 Å². The molecule has 1 aromatic heterocycles. The summed E-state index contributed by atoms with van der Waals surface area (Å²) in [4.78, 5) is 14.6. The van der Waals surface area contributed by atoms with Crippen LogP contribution in [0, 0.1) is 0 Å². The van der Waals surface area contributed by atoms with Gasteiger partial charge < -0.3 is 14.3 Å². The molecule has 20 heavy (non-hydrogen) atoms. The number of aromatic amines is 1. The van der Waals surface area contributed by atoms with Crippen LogP contribution in [0.5, 0.6) is 0 Å². The molecule has 0 aromatic carbocycles. The molecule has 0 radical (unpaired) electrons.